The first-order valence-electron chi connectivity index (χ1n) is 11.8. The van der Waals surface area contributed by atoms with Crippen molar-refractivity contribution >= 4 is 75.8 Å². The van der Waals surface area contributed by atoms with E-state index < -0.39 is 17.8 Å². The van der Waals surface area contributed by atoms with Crippen LogP contribution in [0.1, 0.15) is 25.6 Å². The van der Waals surface area contributed by atoms with Crippen molar-refractivity contribution in [3.63, 3.8) is 0 Å². The highest BCUT2D eigenvalue weighted by Gasteiger charge is 2.16. The Morgan fingerprint density at radius 2 is 1.60 bits per heavy atom. The Kier molecular flexibility index (Phi) is 9.74. The molecule has 0 radical (unpaired) electrons. The van der Waals surface area contributed by atoms with Gasteiger partial charge in [0, 0.05) is 26.7 Å². The smallest absolute Gasteiger partial charge is 0.337 e. The molecule has 8 nitrogen and oxygen atoms in total. The summed E-state index contributed by atoms with van der Waals surface area (Å²) in [6, 6.07) is 23.4. The normalized spacial score (nSPS) is 11.0. The molecule has 0 unspecified atom stereocenters. The molecule has 0 atom stereocenters. The van der Waals surface area contributed by atoms with E-state index in [1.165, 1.54) is 41.3 Å². The summed E-state index contributed by atoms with van der Waals surface area (Å²) in [5.41, 5.74) is 1.26. The molecule has 202 valence electrons. The molecule has 0 saturated carbocycles. The maximum Gasteiger partial charge on any atom is 0.337 e. The summed E-state index contributed by atoms with van der Waals surface area (Å²) >= 11 is 8.57. The van der Waals surface area contributed by atoms with Crippen LogP contribution in [0, 0.1) is 0 Å². The Bertz CT molecular complexity index is 1560. The number of amides is 3. The zero-order valence-corrected chi connectivity index (χ0v) is 23.1. The van der Waals surface area contributed by atoms with Crippen LogP contribution >= 0.6 is 34.7 Å². The molecule has 0 bridgehead atoms. The molecule has 0 saturated heterocycles. The number of carboxylic acid groups (broad SMARTS) is 1. The van der Waals surface area contributed by atoms with Crippen molar-refractivity contribution in [2.75, 3.05) is 16.4 Å². The number of carbonyl (C=O) groups excluding carboxylic acids is 3. The van der Waals surface area contributed by atoms with E-state index >= 15 is 0 Å². The monoisotopic (exact) mass is 591 g/mol. The van der Waals surface area contributed by atoms with Crippen molar-refractivity contribution < 1.29 is 24.3 Å². The van der Waals surface area contributed by atoms with E-state index in [4.69, 9.17) is 11.6 Å². The Labute approximate surface area is 243 Å². The number of thioether (sulfide) groups is 1. The van der Waals surface area contributed by atoms with Gasteiger partial charge >= 0.3 is 5.97 Å². The van der Waals surface area contributed by atoms with Crippen molar-refractivity contribution in [1.82, 2.24) is 5.32 Å². The van der Waals surface area contributed by atoms with Gasteiger partial charge in [0.25, 0.3) is 11.8 Å². The van der Waals surface area contributed by atoms with Crippen molar-refractivity contribution in [2.24, 2.45) is 0 Å². The fraction of sp³-hybridized carbons (Fsp3) is 0.0345. The fourth-order valence-electron chi connectivity index (χ4n) is 3.40. The van der Waals surface area contributed by atoms with Gasteiger partial charge in [-0.3, -0.25) is 14.4 Å². The topological polar surface area (TPSA) is 125 Å². The standard InChI is InChI=1S/C29H22ClN3O5S2/c30-24-13-10-20(15-23(24)29(37)38)31-26(34)17-40-21-11-8-19(9-12-21)32-28(36)25(16-22-7-4-14-39-22)33-27(35)18-5-2-1-3-6-18/h1-16H,17H2,(H,31,34)(H,32,36)(H,33,35)(H,37,38)/b25-16-. The first kappa shape index (κ1) is 28.6. The summed E-state index contributed by atoms with van der Waals surface area (Å²) in [5.74, 6) is -2.31. The van der Waals surface area contributed by atoms with E-state index in [1.807, 2.05) is 17.5 Å². The van der Waals surface area contributed by atoms with Crippen molar-refractivity contribution in [3.8, 4) is 0 Å². The molecular formula is C29H22ClN3O5S2. The van der Waals surface area contributed by atoms with Crippen LogP contribution in [0.15, 0.2) is 101 Å². The average Bonchev–Trinajstić information content (AvgIpc) is 3.47. The van der Waals surface area contributed by atoms with Crippen LogP contribution in [0.4, 0.5) is 11.4 Å². The number of anilines is 2. The highest BCUT2D eigenvalue weighted by atomic mass is 35.5. The number of rotatable bonds is 10. The minimum atomic E-state index is -1.18. The van der Waals surface area contributed by atoms with Crippen LogP contribution < -0.4 is 16.0 Å². The highest BCUT2D eigenvalue weighted by molar-refractivity contribution is 8.00. The first-order valence-corrected chi connectivity index (χ1v) is 14.0. The van der Waals surface area contributed by atoms with Gasteiger partial charge in [0.15, 0.2) is 0 Å². The second-order valence-electron chi connectivity index (χ2n) is 8.21. The molecule has 1 heterocycles. The van der Waals surface area contributed by atoms with Crippen LogP contribution in [-0.2, 0) is 9.59 Å². The third kappa shape index (κ3) is 8.06. The van der Waals surface area contributed by atoms with Gasteiger partial charge < -0.3 is 21.1 Å². The van der Waals surface area contributed by atoms with Crippen molar-refractivity contribution in [1.29, 1.82) is 0 Å². The van der Waals surface area contributed by atoms with Gasteiger partial charge in [-0.05, 0) is 72.1 Å². The number of benzene rings is 3. The molecule has 1 aromatic heterocycles. The van der Waals surface area contributed by atoms with Gasteiger partial charge in [-0.1, -0.05) is 35.9 Å². The Balaban J connectivity index is 1.36. The van der Waals surface area contributed by atoms with Gasteiger partial charge in [-0.15, -0.1) is 23.1 Å². The molecule has 0 aliphatic heterocycles. The summed E-state index contributed by atoms with van der Waals surface area (Å²) in [6.07, 6.45) is 1.61. The number of carbonyl (C=O) groups is 4. The second kappa shape index (κ2) is 13.6. The van der Waals surface area contributed by atoms with E-state index in [0.29, 0.717) is 16.9 Å². The molecule has 11 heteroatoms. The number of halogens is 1. The van der Waals surface area contributed by atoms with Crippen LogP contribution in [0.5, 0.6) is 0 Å². The molecule has 3 aromatic carbocycles. The highest BCUT2D eigenvalue weighted by Crippen LogP contribution is 2.23. The molecule has 4 rings (SSSR count). The maximum absolute atomic E-state index is 13.1. The van der Waals surface area contributed by atoms with E-state index in [2.05, 4.69) is 16.0 Å². The third-order valence-electron chi connectivity index (χ3n) is 5.32. The summed E-state index contributed by atoms with van der Waals surface area (Å²) in [6.45, 7) is 0. The Morgan fingerprint density at radius 3 is 2.27 bits per heavy atom. The lowest BCUT2D eigenvalue weighted by molar-refractivity contribution is -0.114. The predicted molar refractivity (Wildman–Crippen MR) is 159 cm³/mol. The lowest BCUT2D eigenvalue weighted by atomic mass is 10.2. The van der Waals surface area contributed by atoms with E-state index in [-0.39, 0.29) is 27.9 Å². The summed E-state index contributed by atoms with van der Waals surface area (Å²) in [4.78, 5) is 50.9. The van der Waals surface area contributed by atoms with Gasteiger partial charge in [0.2, 0.25) is 5.91 Å². The lowest BCUT2D eigenvalue weighted by Gasteiger charge is -2.11. The summed E-state index contributed by atoms with van der Waals surface area (Å²) in [7, 11) is 0. The lowest BCUT2D eigenvalue weighted by Crippen LogP contribution is -2.30. The largest absolute Gasteiger partial charge is 0.478 e. The molecule has 0 fully saturated rings. The zero-order chi connectivity index (χ0) is 28.5. The minimum absolute atomic E-state index is 0.0793. The Hall–Kier alpha value is -4.38. The third-order valence-corrected chi connectivity index (χ3v) is 7.48. The Morgan fingerprint density at radius 1 is 0.875 bits per heavy atom. The number of aromatic carboxylic acids is 1. The number of thiophene rings is 1. The fourth-order valence-corrected chi connectivity index (χ4v) is 4.96. The van der Waals surface area contributed by atoms with Gasteiger partial charge in [0.05, 0.1) is 16.3 Å². The van der Waals surface area contributed by atoms with Crippen molar-refractivity contribution in [3.05, 3.63) is 117 Å². The SMILES string of the molecule is O=C(CSc1ccc(NC(=O)/C(=C/c2cccs2)NC(=O)c2ccccc2)cc1)Nc1ccc(Cl)c(C(=O)O)c1. The summed E-state index contributed by atoms with van der Waals surface area (Å²) < 4.78 is 0. The van der Waals surface area contributed by atoms with E-state index in [9.17, 15) is 24.3 Å². The molecule has 40 heavy (non-hydrogen) atoms. The molecule has 4 aromatic rings. The molecule has 0 spiro atoms. The molecule has 0 aliphatic carbocycles. The predicted octanol–water partition coefficient (Wildman–Crippen LogP) is 6.24. The van der Waals surface area contributed by atoms with Crippen molar-refractivity contribution in [2.45, 2.75) is 4.90 Å². The first-order chi connectivity index (χ1) is 19.3. The van der Waals surface area contributed by atoms with E-state index in [1.54, 1.807) is 60.7 Å². The molecule has 3 amide bonds. The average molecular weight is 592 g/mol. The minimum Gasteiger partial charge on any atom is -0.478 e. The summed E-state index contributed by atoms with van der Waals surface area (Å²) in [5, 5.41) is 19.3. The van der Waals surface area contributed by atoms with Crippen LogP contribution in [0.3, 0.4) is 0 Å². The van der Waals surface area contributed by atoms with E-state index in [0.717, 1.165) is 9.77 Å². The van der Waals surface area contributed by atoms with Gasteiger partial charge in [-0.25, -0.2) is 4.79 Å². The molecule has 4 N–H and O–H groups in total. The second-order valence-corrected chi connectivity index (χ2v) is 10.6. The zero-order valence-electron chi connectivity index (χ0n) is 20.7. The quantitative estimate of drug-likeness (QED) is 0.128. The van der Waals surface area contributed by atoms with Crippen LogP contribution in [0.2, 0.25) is 5.02 Å². The number of nitrogens with one attached hydrogen (secondary N) is 3. The number of hydrogen-bond acceptors (Lipinski definition) is 6. The number of carboxylic acids is 1. The van der Waals surface area contributed by atoms with Gasteiger partial charge in [0.1, 0.15) is 5.70 Å². The van der Waals surface area contributed by atoms with Crippen LogP contribution in [-0.4, -0.2) is 34.6 Å². The molecule has 0 aliphatic rings. The number of hydrogen-bond donors (Lipinski definition) is 4. The molecular weight excluding hydrogens is 570 g/mol. The van der Waals surface area contributed by atoms with Crippen LogP contribution in [0.25, 0.3) is 6.08 Å². The van der Waals surface area contributed by atoms with Gasteiger partial charge in [-0.2, -0.15) is 0 Å². The maximum atomic E-state index is 13.1.